The summed E-state index contributed by atoms with van der Waals surface area (Å²) >= 11 is 5.82. The van der Waals surface area contributed by atoms with E-state index < -0.39 is 0 Å². The van der Waals surface area contributed by atoms with Crippen molar-refractivity contribution in [3.05, 3.63) is 29.3 Å². The fraction of sp³-hybridized carbons (Fsp3) is 0.600. The number of likely N-dealkylation sites (tertiary alicyclic amines) is 1. The lowest BCUT2D eigenvalue weighted by Gasteiger charge is -2.13. The molecule has 100 valence electrons. The van der Waals surface area contributed by atoms with Crippen molar-refractivity contribution in [2.45, 2.75) is 32.1 Å². The predicted molar refractivity (Wildman–Crippen MR) is 76.5 cm³/mol. The third-order valence-corrected chi connectivity index (χ3v) is 3.65. The molecule has 0 amide bonds. The van der Waals surface area contributed by atoms with Crippen LogP contribution in [0.2, 0.25) is 5.02 Å². The zero-order valence-corrected chi connectivity index (χ0v) is 11.7. The van der Waals surface area contributed by atoms with E-state index >= 15 is 0 Å². The molecule has 1 saturated heterocycles. The number of nitrogens with zero attached hydrogens (tertiary/aromatic N) is 1. The minimum Gasteiger partial charge on any atom is -0.494 e. The molecule has 2 rings (SSSR count). The van der Waals surface area contributed by atoms with E-state index in [4.69, 9.17) is 16.3 Å². The summed E-state index contributed by atoms with van der Waals surface area (Å²) in [6.07, 6.45) is 6.46. The Balaban J connectivity index is 1.49. The van der Waals surface area contributed by atoms with E-state index in [-0.39, 0.29) is 0 Å². The average Bonchev–Trinajstić information content (AvgIpc) is 2.89. The van der Waals surface area contributed by atoms with Crippen molar-refractivity contribution in [2.24, 2.45) is 0 Å². The molecule has 1 heterocycles. The van der Waals surface area contributed by atoms with Crippen LogP contribution in [0.1, 0.15) is 32.1 Å². The molecule has 0 bridgehead atoms. The van der Waals surface area contributed by atoms with Crippen LogP contribution in [-0.2, 0) is 0 Å². The van der Waals surface area contributed by atoms with Crippen LogP contribution in [0.5, 0.6) is 5.75 Å². The summed E-state index contributed by atoms with van der Waals surface area (Å²) in [6.45, 7) is 4.69. The molecule has 0 aliphatic carbocycles. The zero-order chi connectivity index (χ0) is 12.6. The molecule has 0 unspecified atom stereocenters. The summed E-state index contributed by atoms with van der Waals surface area (Å²) in [6, 6.07) is 7.58. The lowest BCUT2D eigenvalue weighted by atomic mass is 10.2. The average molecular weight is 268 g/mol. The molecule has 0 saturated carbocycles. The highest BCUT2D eigenvalue weighted by molar-refractivity contribution is 6.30. The van der Waals surface area contributed by atoms with Gasteiger partial charge in [0.1, 0.15) is 5.75 Å². The number of rotatable bonds is 7. The molecule has 3 heteroatoms. The first-order valence-electron chi connectivity index (χ1n) is 6.95. The van der Waals surface area contributed by atoms with E-state index in [2.05, 4.69) is 4.90 Å². The fourth-order valence-electron chi connectivity index (χ4n) is 2.34. The first kappa shape index (κ1) is 13.7. The van der Waals surface area contributed by atoms with Gasteiger partial charge in [0, 0.05) is 5.02 Å². The summed E-state index contributed by atoms with van der Waals surface area (Å²) in [5.74, 6) is 0.916. The van der Waals surface area contributed by atoms with Crippen molar-refractivity contribution < 1.29 is 4.74 Å². The van der Waals surface area contributed by atoms with E-state index in [1.54, 1.807) is 0 Å². The normalized spacial score (nSPS) is 16.1. The van der Waals surface area contributed by atoms with E-state index in [9.17, 15) is 0 Å². The van der Waals surface area contributed by atoms with E-state index in [1.165, 1.54) is 45.3 Å². The number of unbranched alkanes of at least 4 members (excludes halogenated alkanes) is 2. The minimum atomic E-state index is 0.757. The van der Waals surface area contributed by atoms with Crippen molar-refractivity contribution in [3.8, 4) is 5.75 Å². The number of hydrogen-bond donors (Lipinski definition) is 0. The highest BCUT2D eigenvalue weighted by Gasteiger charge is 2.09. The van der Waals surface area contributed by atoms with Crippen LogP contribution in [0, 0.1) is 0 Å². The number of halogens is 1. The van der Waals surface area contributed by atoms with Gasteiger partial charge in [0.15, 0.2) is 0 Å². The molecule has 0 radical (unpaired) electrons. The van der Waals surface area contributed by atoms with Gasteiger partial charge in [0.25, 0.3) is 0 Å². The second kappa shape index (κ2) is 7.65. The predicted octanol–water partition coefficient (Wildman–Crippen LogP) is 3.98. The number of hydrogen-bond acceptors (Lipinski definition) is 2. The van der Waals surface area contributed by atoms with Crippen molar-refractivity contribution >= 4 is 11.6 Å². The van der Waals surface area contributed by atoms with Crippen molar-refractivity contribution in [1.82, 2.24) is 4.90 Å². The first-order chi connectivity index (χ1) is 8.84. The molecule has 1 fully saturated rings. The molecule has 2 nitrogen and oxygen atoms in total. The zero-order valence-electron chi connectivity index (χ0n) is 10.9. The van der Waals surface area contributed by atoms with Gasteiger partial charge in [-0.25, -0.2) is 0 Å². The highest BCUT2D eigenvalue weighted by Crippen LogP contribution is 2.16. The molecule has 0 atom stereocenters. The molecule has 1 aromatic rings. The van der Waals surface area contributed by atoms with Gasteiger partial charge in [-0.3, -0.25) is 0 Å². The lowest BCUT2D eigenvalue weighted by Crippen LogP contribution is -2.20. The monoisotopic (exact) mass is 267 g/mol. The molecule has 0 spiro atoms. The number of ether oxygens (including phenoxy) is 1. The van der Waals surface area contributed by atoms with Gasteiger partial charge < -0.3 is 9.64 Å². The van der Waals surface area contributed by atoms with E-state index in [0.29, 0.717) is 0 Å². The molecule has 0 N–H and O–H groups in total. The van der Waals surface area contributed by atoms with Crippen molar-refractivity contribution in [2.75, 3.05) is 26.2 Å². The molecule has 1 aliphatic heterocycles. The topological polar surface area (TPSA) is 12.5 Å². The quantitative estimate of drug-likeness (QED) is 0.693. The SMILES string of the molecule is Clc1ccc(OCCCCCN2CCCC2)cc1. The third kappa shape index (κ3) is 4.87. The Hall–Kier alpha value is -0.730. The van der Waals surface area contributed by atoms with Crippen molar-refractivity contribution in [1.29, 1.82) is 0 Å². The molecular formula is C15H22ClNO. The fourth-order valence-corrected chi connectivity index (χ4v) is 2.47. The Morgan fingerprint density at radius 1 is 1.00 bits per heavy atom. The van der Waals surface area contributed by atoms with Gasteiger partial charge in [0.05, 0.1) is 6.61 Å². The smallest absolute Gasteiger partial charge is 0.119 e. The van der Waals surface area contributed by atoms with Crippen LogP contribution in [0.3, 0.4) is 0 Å². The third-order valence-electron chi connectivity index (χ3n) is 3.40. The lowest BCUT2D eigenvalue weighted by molar-refractivity contribution is 0.290. The van der Waals surface area contributed by atoms with Crippen LogP contribution >= 0.6 is 11.6 Å². The first-order valence-corrected chi connectivity index (χ1v) is 7.33. The van der Waals surface area contributed by atoms with E-state index in [0.717, 1.165) is 23.8 Å². The summed E-state index contributed by atoms with van der Waals surface area (Å²) < 4.78 is 5.66. The van der Waals surface area contributed by atoms with Crippen LogP contribution in [-0.4, -0.2) is 31.1 Å². The molecule has 1 aliphatic rings. The Kier molecular flexibility index (Phi) is 5.82. The largest absolute Gasteiger partial charge is 0.494 e. The molecule has 18 heavy (non-hydrogen) atoms. The van der Waals surface area contributed by atoms with Gasteiger partial charge in [-0.15, -0.1) is 0 Å². The Morgan fingerprint density at radius 3 is 2.44 bits per heavy atom. The summed E-state index contributed by atoms with van der Waals surface area (Å²) in [5, 5.41) is 0.757. The number of benzene rings is 1. The standard InChI is InChI=1S/C15H22ClNO/c16-14-6-8-15(9-7-14)18-13-5-1-2-10-17-11-3-4-12-17/h6-9H,1-5,10-13H2. The van der Waals surface area contributed by atoms with Gasteiger partial charge in [-0.05, 0) is 76.0 Å². The maximum absolute atomic E-state index is 5.82. The highest BCUT2D eigenvalue weighted by atomic mass is 35.5. The maximum Gasteiger partial charge on any atom is 0.119 e. The van der Waals surface area contributed by atoms with Crippen LogP contribution in [0.4, 0.5) is 0 Å². The van der Waals surface area contributed by atoms with Gasteiger partial charge in [-0.1, -0.05) is 11.6 Å². The Morgan fingerprint density at radius 2 is 1.72 bits per heavy atom. The molecular weight excluding hydrogens is 246 g/mol. The van der Waals surface area contributed by atoms with Crippen molar-refractivity contribution in [3.63, 3.8) is 0 Å². The summed E-state index contributed by atoms with van der Waals surface area (Å²) in [5.41, 5.74) is 0. The summed E-state index contributed by atoms with van der Waals surface area (Å²) in [7, 11) is 0. The van der Waals surface area contributed by atoms with Crippen LogP contribution in [0.25, 0.3) is 0 Å². The van der Waals surface area contributed by atoms with Gasteiger partial charge >= 0.3 is 0 Å². The van der Waals surface area contributed by atoms with Gasteiger partial charge in [0.2, 0.25) is 0 Å². The maximum atomic E-state index is 5.82. The minimum absolute atomic E-state index is 0.757. The molecule has 1 aromatic carbocycles. The van der Waals surface area contributed by atoms with Crippen LogP contribution < -0.4 is 4.74 Å². The summed E-state index contributed by atoms with van der Waals surface area (Å²) in [4.78, 5) is 2.57. The second-order valence-electron chi connectivity index (χ2n) is 4.91. The second-order valence-corrected chi connectivity index (χ2v) is 5.35. The van der Waals surface area contributed by atoms with E-state index in [1.807, 2.05) is 24.3 Å². The van der Waals surface area contributed by atoms with Crippen LogP contribution in [0.15, 0.2) is 24.3 Å². The Bertz CT molecular complexity index is 333. The van der Waals surface area contributed by atoms with Gasteiger partial charge in [-0.2, -0.15) is 0 Å². The molecule has 0 aromatic heterocycles. The Labute approximate surface area is 115 Å².